The fraction of sp³-hybridized carbons (Fsp3) is 0.680. The van der Waals surface area contributed by atoms with Crippen LogP contribution in [0.4, 0.5) is 5.69 Å². The van der Waals surface area contributed by atoms with E-state index in [9.17, 15) is 0 Å². The molecule has 33 heavy (non-hydrogen) atoms. The van der Waals surface area contributed by atoms with Crippen molar-refractivity contribution >= 4 is 37.4 Å². The van der Waals surface area contributed by atoms with E-state index < -0.39 is 8.32 Å². The standard InChI is InChI=1S/C25H39ClN4OSSi/c1-24(2,3)33(5,6)31-18-25(4)17-22-27-28-23(30(22)14-15-32-25)20-11-10-19(16-21(20)26)29-12-8-7-9-13-29/h10-11,16H,7-9,12-15,17-18H2,1-6H3. The zero-order chi connectivity index (χ0) is 23.9. The van der Waals surface area contributed by atoms with Gasteiger partial charge in [0.1, 0.15) is 5.82 Å². The topological polar surface area (TPSA) is 43.2 Å². The Morgan fingerprint density at radius 1 is 1.12 bits per heavy atom. The number of anilines is 1. The molecule has 0 saturated carbocycles. The van der Waals surface area contributed by atoms with E-state index in [0.29, 0.717) is 0 Å². The first-order valence-corrected chi connectivity index (χ1v) is 16.5. The summed E-state index contributed by atoms with van der Waals surface area (Å²) in [6.45, 7) is 17.7. The number of halogens is 1. The molecule has 0 N–H and O–H groups in total. The lowest BCUT2D eigenvalue weighted by atomic mass is 10.1. The van der Waals surface area contributed by atoms with Crippen molar-refractivity contribution in [2.75, 3.05) is 30.3 Å². The summed E-state index contributed by atoms with van der Waals surface area (Å²) in [5.41, 5.74) is 2.19. The number of hydrogen-bond acceptors (Lipinski definition) is 5. The lowest BCUT2D eigenvalue weighted by molar-refractivity contribution is 0.252. The molecule has 0 aliphatic carbocycles. The number of nitrogens with zero attached hydrogens (tertiary/aromatic N) is 4. The molecule has 1 unspecified atom stereocenters. The summed E-state index contributed by atoms with van der Waals surface area (Å²) in [6.07, 6.45) is 4.69. The van der Waals surface area contributed by atoms with E-state index in [-0.39, 0.29) is 9.79 Å². The molecule has 1 atom stereocenters. The quantitative estimate of drug-likeness (QED) is 0.424. The molecule has 0 spiro atoms. The van der Waals surface area contributed by atoms with Crippen LogP contribution in [0.3, 0.4) is 0 Å². The van der Waals surface area contributed by atoms with Crippen LogP contribution >= 0.6 is 23.4 Å². The maximum Gasteiger partial charge on any atom is 0.192 e. The average molecular weight is 507 g/mol. The zero-order valence-electron chi connectivity index (χ0n) is 21.1. The van der Waals surface area contributed by atoms with Crippen LogP contribution < -0.4 is 4.90 Å². The van der Waals surface area contributed by atoms with Gasteiger partial charge in [0.15, 0.2) is 14.1 Å². The highest BCUT2D eigenvalue weighted by Gasteiger charge is 2.40. The van der Waals surface area contributed by atoms with Crippen molar-refractivity contribution in [3.05, 3.63) is 29.0 Å². The molecule has 2 aliphatic rings. The number of rotatable bonds is 5. The van der Waals surface area contributed by atoms with Crippen molar-refractivity contribution in [1.82, 2.24) is 14.8 Å². The first kappa shape index (κ1) is 25.1. The van der Waals surface area contributed by atoms with Gasteiger partial charge < -0.3 is 13.9 Å². The number of thioether (sulfide) groups is 1. The molecule has 2 aliphatic heterocycles. The van der Waals surface area contributed by atoms with E-state index in [1.165, 1.54) is 24.9 Å². The fourth-order valence-corrected chi connectivity index (χ4v) is 6.96. The van der Waals surface area contributed by atoms with Gasteiger partial charge in [-0.15, -0.1) is 10.2 Å². The molecule has 5 nitrogen and oxygen atoms in total. The van der Waals surface area contributed by atoms with Crippen molar-refractivity contribution in [3.63, 3.8) is 0 Å². The smallest absolute Gasteiger partial charge is 0.192 e. The number of benzene rings is 1. The minimum atomic E-state index is -1.80. The van der Waals surface area contributed by atoms with Gasteiger partial charge >= 0.3 is 0 Å². The van der Waals surface area contributed by atoms with Gasteiger partial charge in [0.2, 0.25) is 0 Å². The Bertz CT molecular complexity index is 983. The minimum absolute atomic E-state index is 0.00398. The number of piperidine rings is 1. The predicted molar refractivity (Wildman–Crippen MR) is 144 cm³/mol. The van der Waals surface area contributed by atoms with Crippen molar-refractivity contribution in [2.45, 2.75) is 82.8 Å². The molecule has 0 bridgehead atoms. The van der Waals surface area contributed by atoms with Crippen LogP contribution in [-0.4, -0.2) is 53.3 Å². The summed E-state index contributed by atoms with van der Waals surface area (Å²) in [5.74, 6) is 2.93. The van der Waals surface area contributed by atoms with E-state index in [1.807, 2.05) is 11.8 Å². The van der Waals surface area contributed by atoms with Gasteiger partial charge in [-0.3, -0.25) is 0 Å². The van der Waals surface area contributed by atoms with Gasteiger partial charge in [-0.25, -0.2) is 0 Å². The third kappa shape index (κ3) is 5.47. The predicted octanol–water partition coefficient (Wildman–Crippen LogP) is 6.66. The molecule has 2 aromatic rings. The van der Waals surface area contributed by atoms with Crippen LogP contribution in [0.1, 0.15) is 52.8 Å². The van der Waals surface area contributed by atoms with Crippen LogP contribution in [-0.2, 0) is 17.4 Å². The Balaban J connectivity index is 1.53. The first-order valence-electron chi connectivity index (χ1n) is 12.2. The maximum atomic E-state index is 6.79. The number of fused-ring (bicyclic) bond motifs is 1. The van der Waals surface area contributed by atoms with Crippen molar-refractivity contribution in [1.29, 1.82) is 0 Å². The normalized spacial score (nSPS) is 22.2. The van der Waals surface area contributed by atoms with Crippen molar-refractivity contribution < 1.29 is 4.43 Å². The van der Waals surface area contributed by atoms with E-state index in [4.69, 9.17) is 16.0 Å². The molecular formula is C25H39ClN4OSSi. The highest BCUT2D eigenvalue weighted by molar-refractivity contribution is 8.00. The van der Waals surface area contributed by atoms with Crippen LogP contribution in [0.25, 0.3) is 11.4 Å². The molecule has 1 saturated heterocycles. The molecule has 4 rings (SSSR count). The summed E-state index contributed by atoms with van der Waals surface area (Å²) >= 11 is 8.79. The van der Waals surface area contributed by atoms with Gasteiger partial charge in [0.05, 0.1) is 5.02 Å². The first-order chi connectivity index (χ1) is 15.5. The second kappa shape index (κ2) is 9.55. The molecular weight excluding hydrogens is 468 g/mol. The SMILES string of the molecule is CC1(CO[Si](C)(C)C(C)(C)C)Cc2nnc(-c3ccc(N4CCCCC4)cc3Cl)n2CCS1. The van der Waals surface area contributed by atoms with Gasteiger partial charge in [-0.05, 0) is 62.5 Å². The van der Waals surface area contributed by atoms with Gasteiger partial charge in [-0.2, -0.15) is 11.8 Å². The Kier molecular flexibility index (Phi) is 7.26. The Morgan fingerprint density at radius 2 is 1.85 bits per heavy atom. The maximum absolute atomic E-state index is 6.79. The third-order valence-corrected chi connectivity index (χ3v) is 13.7. The summed E-state index contributed by atoms with van der Waals surface area (Å²) in [7, 11) is -1.80. The van der Waals surface area contributed by atoms with Gasteiger partial charge in [0, 0.05) is 54.4 Å². The number of hydrogen-bond donors (Lipinski definition) is 0. The molecule has 182 valence electrons. The lowest BCUT2D eigenvalue weighted by Gasteiger charge is -2.39. The molecule has 0 amide bonds. The summed E-state index contributed by atoms with van der Waals surface area (Å²) < 4.78 is 8.89. The van der Waals surface area contributed by atoms with Crippen LogP contribution in [0, 0.1) is 0 Å². The molecule has 8 heteroatoms. The number of aromatic nitrogens is 3. The monoisotopic (exact) mass is 506 g/mol. The minimum Gasteiger partial charge on any atom is -0.415 e. The molecule has 1 aromatic carbocycles. The van der Waals surface area contributed by atoms with Crippen molar-refractivity contribution in [3.8, 4) is 11.4 Å². The molecule has 3 heterocycles. The highest BCUT2D eigenvalue weighted by atomic mass is 35.5. The second-order valence-corrected chi connectivity index (χ2v) is 18.2. The third-order valence-electron chi connectivity index (χ3n) is 7.58. The average Bonchev–Trinajstić information content (AvgIpc) is 3.05. The van der Waals surface area contributed by atoms with E-state index >= 15 is 0 Å². The molecule has 1 aromatic heterocycles. The van der Waals surface area contributed by atoms with E-state index in [2.05, 4.69) is 78.7 Å². The van der Waals surface area contributed by atoms with Crippen LogP contribution in [0.15, 0.2) is 18.2 Å². The summed E-state index contributed by atoms with van der Waals surface area (Å²) in [4.78, 5) is 2.44. The fourth-order valence-electron chi connectivity index (χ4n) is 4.35. The highest BCUT2D eigenvalue weighted by Crippen LogP contribution is 2.40. The van der Waals surface area contributed by atoms with E-state index in [0.717, 1.165) is 60.6 Å². The van der Waals surface area contributed by atoms with Crippen molar-refractivity contribution in [2.24, 2.45) is 0 Å². The van der Waals surface area contributed by atoms with Crippen LogP contribution in [0.5, 0.6) is 0 Å². The largest absolute Gasteiger partial charge is 0.415 e. The van der Waals surface area contributed by atoms with Gasteiger partial charge in [-0.1, -0.05) is 32.4 Å². The van der Waals surface area contributed by atoms with Crippen LogP contribution in [0.2, 0.25) is 23.2 Å². The van der Waals surface area contributed by atoms with Gasteiger partial charge in [0.25, 0.3) is 0 Å². The molecule has 1 fully saturated rings. The Labute approximate surface area is 209 Å². The van der Waals surface area contributed by atoms with E-state index in [1.54, 1.807) is 0 Å². The Hall–Kier alpha value is -1.02. The second-order valence-electron chi connectivity index (χ2n) is 11.3. The summed E-state index contributed by atoms with van der Waals surface area (Å²) in [6, 6.07) is 6.42. The zero-order valence-corrected chi connectivity index (χ0v) is 23.7. The summed E-state index contributed by atoms with van der Waals surface area (Å²) in [5, 5.41) is 10.2. The molecule has 0 radical (unpaired) electrons. The Morgan fingerprint density at radius 3 is 2.52 bits per heavy atom. The lowest BCUT2D eigenvalue weighted by Crippen LogP contribution is -2.45.